The standard InChI is InChI=1S/C16H8F2O2/c17-13-7-3-4-9(14(13)18)8-12-15(19)10-5-1-2-6-11(10)16(12)20/h1-8H. The molecule has 20 heavy (non-hydrogen) atoms. The second kappa shape index (κ2) is 4.49. The Bertz CT molecular complexity index is 739. The second-order valence-corrected chi connectivity index (χ2v) is 4.40. The smallest absolute Gasteiger partial charge is 0.197 e. The second-order valence-electron chi connectivity index (χ2n) is 4.40. The molecule has 0 spiro atoms. The predicted octanol–water partition coefficient (Wildman–Crippen LogP) is 3.43. The van der Waals surface area contributed by atoms with Crippen molar-refractivity contribution in [1.82, 2.24) is 0 Å². The molecule has 0 heterocycles. The summed E-state index contributed by atoms with van der Waals surface area (Å²) in [7, 11) is 0. The first kappa shape index (κ1) is 12.4. The van der Waals surface area contributed by atoms with Gasteiger partial charge in [-0.2, -0.15) is 0 Å². The third kappa shape index (κ3) is 1.77. The number of Topliss-reactive ketones (excluding diaryl/α,β-unsaturated/α-hetero) is 2. The van der Waals surface area contributed by atoms with Crippen LogP contribution in [0.4, 0.5) is 8.78 Å². The Hall–Kier alpha value is -2.62. The molecule has 0 amide bonds. The predicted molar refractivity (Wildman–Crippen MR) is 69.4 cm³/mol. The summed E-state index contributed by atoms with van der Waals surface area (Å²) in [6, 6.07) is 9.99. The minimum atomic E-state index is -1.07. The molecule has 1 aliphatic rings. The Morgan fingerprint density at radius 3 is 2.00 bits per heavy atom. The zero-order chi connectivity index (χ0) is 14.3. The maximum Gasteiger partial charge on any atom is 0.197 e. The summed E-state index contributed by atoms with van der Waals surface area (Å²) in [4.78, 5) is 24.2. The topological polar surface area (TPSA) is 34.1 Å². The van der Waals surface area contributed by atoms with Crippen LogP contribution >= 0.6 is 0 Å². The van der Waals surface area contributed by atoms with Gasteiger partial charge in [-0.3, -0.25) is 9.59 Å². The molecule has 0 fully saturated rings. The summed E-state index contributed by atoms with van der Waals surface area (Å²) in [5, 5.41) is 0. The van der Waals surface area contributed by atoms with Gasteiger partial charge in [-0.1, -0.05) is 36.4 Å². The molecule has 2 aromatic carbocycles. The SMILES string of the molecule is O=C1C(=Cc2cccc(F)c2F)C(=O)c2ccccc21. The highest BCUT2D eigenvalue weighted by Gasteiger charge is 2.32. The van der Waals surface area contributed by atoms with Gasteiger partial charge in [0.2, 0.25) is 0 Å². The minimum absolute atomic E-state index is 0.116. The third-order valence-corrected chi connectivity index (χ3v) is 3.19. The van der Waals surface area contributed by atoms with E-state index in [2.05, 4.69) is 0 Å². The molecule has 2 aromatic rings. The first-order valence-electron chi connectivity index (χ1n) is 5.93. The monoisotopic (exact) mass is 270 g/mol. The molecule has 0 atom stereocenters. The van der Waals surface area contributed by atoms with Gasteiger partial charge >= 0.3 is 0 Å². The van der Waals surface area contributed by atoms with Crippen LogP contribution in [0.3, 0.4) is 0 Å². The van der Waals surface area contributed by atoms with Crippen LogP contribution in [-0.2, 0) is 0 Å². The number of hydrogen-bond acceptors (Lipinski definition) is 2. The van der Waals surface area contributed by atoms with Gasteiger partial charge in [-0.25, -0.2) is 8.78 Å². The van der Waals surface area contributed by atoms with Crippen LogP contribution in [0.2, 0.25) is 0 Å². The van der Waals surface area contributed by atoms with E-state index in [4.69, 9.17) is 0 Å². The van der Waals surface area contributed by atoms with Crippen molar-refractivity contribution < 1.29 is 18.4 Å². The zero-order valence-corrected chi connectivity index (χ0v) is 10.2. The summed E-state index contributed by atoms with van der Waals surface area (Å²) in [5.74, 6) is -3.02. The summed E-state index contributed by atoms with van der Waals surface area (Å²) in [5.41, 5.74) is 0.325. The number of carbonyl (C=O) groups excluding carboxylic acids is 2. The molecule has 0 unspecified atom stereocenters. The number of allylic oxidation sites excluding steroid dienone is 1. The Morgan fingerprint density at radius 1 is 0.800 bits per heavy atom. The number of hydrogen-bond donors (Lipinski definition) is 0. The Labute approximate surface area is 113 Å². The molecule has 0 aromatic heterocycles. The van der Waals surface area contributed by atoms with E-state index in [0.29, 0.717) is 11.1 Å². The molecule has 1 aliphatic carbocycles. The van der Waals surface area contributed by atoms with E-state index >= 15 is 0 Å². The van der Waals surface area contributed by atoms with Gasteiger partial charge in [-0.05, 0) is 12.1 Å². The molecule has 0 saturated carbocycles. The first-order valence-corrected chi connectivity index (χ1v) is 5.93. The Balaban J connectivity index is 2.13. The molecule has 3 rings (SSSR count). The van der Waals surface area contributed by atoms with Gasteiger partial charge in [-0.15, -0.1) is 0 Å². The summed E-state index contributed by atoms with van der Waals surface area (Å²) in [6.07, 6.45) is 1.10. The lowest BCUT2D eigenvalue weighted by molar-refractivity contribution is 0.0990. The highest BCUT2D eigenvalue weighted by atomic mass is 19.2. The van der Waals surface area contributed by atoms with Gasteiger partial charge in [0.15, 0.2) is 23.2 Å². The van der Waals surface area contributed by atoms with Crippen LogP contribution in [0, 0.1) is 11.6 Å². The van der Waals surface area contributed by atoms with Gasteiger partial charge < -0.3 is 0 Å². The van der Waals surface area contributed by atoms with Crippen molar-refractivity contribution in [2.45, 2.75) is 0 Å². The van der Waals surface area contributed by atoms with Crippen molar-refractivity contribution in [3.63, 3.8) is 0 Å². The number of fused-ring (bicyclic) bond motifs is 1. The molecule has 2 nitrogen and oxygen atoms in total. The molecule has 0 radical (unpaired) electrons. The molecule has 98 valence electrons. The van der Waals surface area contributed by atoms with Gasteiger partial charge in [0, 0.05) is 16.7 Å². The zero-order valence-electron chi connectivity index (χ0n) is 10.2. The fourth-order valence-corrected chi connectivity index (χ4v) is 2.19. The summed E-state index contributed by atoms with van der Waals surface area (Å²) < 4.78 is 26.7. The van der Waals surface area contributed by atoms with E-state index in [1.54, 1.807) is 24.3 Å². The van der Waals surface area contributed by atoms with E-state index in [1.165, 1.54) is 12.1 Å². The van der Waals surface area contributed by atoms with Gasteiger partial charge in [0.25, 0.3) is 0 Å². The van der Waals surface area contributed by atoms with E-state index in [0.717, 1.165) is 12.1 Å². The van der Waals surface area contributed by atoms with Crippen LogP contribution in [0.1, 0.15) is 26.3 Å². The maximum atomic E-state index is 13.6. The number of halogens is 2. The maximum absolute atomic E-state index is 13.6. The van der Waals surface area contributed by atoms with Crippen molar-refractivity contribution in [2.24, 2.45) is 0 Å². The molecular weight excluding hydrogens is 262 g/mol. The quantitative estimate of drug-likeness (QED) is 0.587. The van der Waals surface area contributed by atoms with Crippen LogP contribution in [-0.4, -0.2) is 11.6 Å². The largest absolute Gasteiger partial charge is 0.288 e. The van der Waals surface area contributed by atoms with Crippen molar-refractivity contribution in [3.05, 3.63) is 76.4 Å². The average Bonchev–Trinajstić information content (AvgIpc) is 2.69. The molecule has 4 heteroatoms. The molecule has 0 N–H and O–H groups in total. The Kier molecular flexibility index (Phi) is 2.79. The van der Waals surface area contributed by atoms with Crippen molar-refractivity contribution in [1.29, 1.82) is 0 Å². The number of benzene rings is 2. The first-order chi connectivity index (χ1) is 9.59. The van der Waals surface area contributed by atoms with Gasteiger partial charge in [0.05, 0.1) is 5.57 Å². The normalized spacial score (nSPS) is 13.6. The van der Waals surface area contributed by atoms with Crippen LogP contribution < -0.4 is 0 Å². The lowest BCUT2D eigenvalue weighted by Gasteiger charge is -1.99. The highest BCUT2D eigenvalue weighted by Crippen LogP contribution is 2.28. The van der Waals surface area contributed by atoms with E-state index in [1.807, 2.05) is 0 Å². The van der Waals surface area contributed by atoms with E-state index in [9.17, 15) is 18.4 Å². The van der Waals surface area contributed by atoms with Gasteiger partial charge in [0.1, 0.15) is 0 Å². The van der Waals surface area contributed by atoms with Crippen molar-refractivity contribution in [2.75, 3.05) is 0 Å². The van der Waals surface area contributed by atoms with E-state index < -0.39 is 23.2 Å². The molecular formula is C16H8F2O2. The highest BCUT2D eigenvalue weighted by molar-refractivity contribution is 6.41. The van der Waals surface area contributed by atoms with Crippen LogP contribution in [0.5, 0.6) is 0 Å². The number of ketones is 2. The summed E-state index contributed by atoms with van der Waals surface area (Å²) in [6.45, 7) is 0. The third-order valence-electron chi connectivity index (χ3n) is 3.19. The molecule has 0 bridgehead atoms. The number of carbonyl (C=O) groups is 2. The van der Waals surface area contributed by atoms with Crippen LogP contribution in [0.15, 0.2) is 48.0 Å². The lowest BCUT2D eigenvalue weighted by atomic mass is 10.1. The van der Waals surface area contributed by atoms with Crippen LogP contribution in [0.25, 0.3) is 6.08 Å². The van der Waals surface area contributed by atoms with Crippen molar-refractivity contribution >= 4 is 17.6 Å². The Morgan fingerprint density at radius 2 is 1.40 bits per heavy atom. The lowest BCUT2D eigenvalue weighted by Crippen LogP contribution is -2.01. The average molecular weight is 270 g/mol. The summed E-state index contributed by atoms with van der Waals surface area (Å²) >= 11 is 0. The minimum Gasteiger partial charge on any atom is -0.288 e. The van der Waals surface area contributed by atoms with Crippen molar-refractivity contribution in [3.8, 4) is 0 Å². The number of rotatable bonds is 1. The molecule has 0 saturated heterocycles. The molecule has 0 aliphatic heterocycles. The van der Waals surface area contributed by atoms with E-state index in [-0.39, 0.29) is 11.1 Å². The fraction of sp³-hybridized carbons (Fsp3) is 0. The fourth-order valence-electron chi connectivity index (χ4n) is 2.19.